The van der Waals surface area contributed by atoms with E-state index in [9.17, 15) is 4.79 Å². The molecule has 0 heterocycles. The molecule has 0 bridgehead atoms. The van der Waals surface area contributed by atoms with Crippen molar-refractivity contribution in [1.29, 1.82) is 0 Å². The summed E-state index contributed by atoms with van der Waals surface area (Å²) >= 11 is 0. The van der Waals surface area contributed by atoms with Crippen LogP contribution in [0.5, 0.6) is 0 Å². The SMILES string of the molecule is CC(NC1(C)CCCC1)C(C)C(=O)O. The summed E-state index contributed by atoms with van der Waals surface area (Å²) in [5, 5.41) is 12.3. The van der Waals surface area contributed by atoms with Crippen LogP contribution in [0.2, 0.25) is 0 Å². The third-order valence-corrected chi connectivity index (χ3v) is 3.42. The molecule has 2 atom stereocenters. The quantitative estimate of drug-likeness (QED) is 0.728. The molecule has 0 aromatic heterocycles. The van der Waals surface area contributed by atoms with E-state index < -0.39 is 5.97 Å². The van der Waals surface area contributed by atoms with Crippen molar-refractivity contribution in [3.8, 4) is 0 Å². The van der Waals surface area contributed by atoms with Gasteiger partial charge in [0.1, 0.15) is 0 Å². The van der Waals surface area contributed by atoms with Crippen molar-refractivity contribution in [2.45, 2.75) is 58.0 Å². The zero-order chi connectivity index (χ0) is 10.8. The van der Waals surface area contributed by atoms with Crippen LogP contribution >= 0.6 is 0 Å². The predicted octanol–water partition coefficient (Wildman–Crippen LogP) is 2.02. The van der Waals surface area contributed by atoms with Crippen molar-refractivity contribution in [2.75, 3.05) is 0 Å². The molecule has 2 N–H and O–H groups in total. The minimum atomic E-state index is -0.716. The van der Waals surface area contributed by atoms with Gasteiger partial charge in [-0.25, -0.2) is 0 Å². The highest BCUT2D eigenvalue weighted by molar-refractivity contribution is 5.70. The molecule has 0 aromatic carbocycles. The molecule has 1 rings (SSSR count). The van der Waals surface area contributed by atoms with Gasteiger partial charge in [0.15, 0.2) is 0 Å². The molecule has 1 saturated carbocycles. The number of carboxylic acid groups (broad SMARTS) is 1. The van der Waals surface area contributed by atoms with Crippen molar-refractivity contribution in [3.05, 3.63) is 0 Å². The van der Waals surface area contributed by atoms with Crippen molar-refractivity contribution in [2.24, 2.45) is 5.92 Å². The Hall–Kier alpha value is -0.570. The van der Waals surface area contributed by atoms with Crippen LogP contribution in [0.3, 0.4) is 0 Å². The van der Waals surface area contributed by atoms with Gasteiger partial charge in [-0.3, -0.25) is 4.79 Å². The van der Waals surface area contributed by atoms with Crippen LogP contribution in [-0.2, 0) is 4.79 Å². The Morgan fingerprint density at radius 3 is 2.29 bits per heavy atom. The molecule has 14 heavy (non-hydrogen) atoms. The molecule has 3 heteroatoms. The average molecular weight is 199 g/mol. The van der Waals surface area contributed by atoms with Gasteiger partial charge >= 0.3 is 5.97 Å². The van der Waals surface area contributed by atoms with Gasteiger partial charge in [0, 0.05) is 11.6 Å². The summed E-state index contributed by atoms with van der Waals surface area (Å²) in [5.41, 5.74) is 0.170. The molecule has 1 fully saturated rings. The molecule has 1 aliphatic rings. The van der Waals surface area contributed by atoms with E-state index in [0.717, 1.165) is 0 Å². The number of hydrogen-bond acceptors (Lipinski definition) is 2. The van der Waals surface area contributed by atoms with Gasteiger partial charge in [0.25, 0.3) is 0 Å². The van der Waals surface area contributed by atoms with Crippen LogP contribution in [0, 0.1) is 5.92 Å². The molecule has 0 radical (unpaired) electrons. The van der Waals surface area contributed by atoms with Crippen LogP contribution < -0.4 is 5.32 Å². The molecule has 3 nitrogen and oxygen atoms in total. The lowest BCUT2D eigenvalue weighted by Crippen LogP contribution is -2.48. The highest BCUT2D eigenvalue weighted by Crippen LogP contribution is 2.29. The monoisotopic (exact) mass is 199 g/mol. The third kappa shape index (κ3) is 2.71. The summed E-state index contributed by atoms with van der Waals surface area (Å²) in [4.78, 5) is 10.8. The second kappa shape index (κ2) is 4.30. The van der Waals surface area contributed by atoms with E-state index in [1.54, 1.807) is 6.92 Å². The second-order valence-electron chi connectivity index (χ2n) is 4.83. The highest BCUT2D eigenvalue weighted by atomic mass is 16.4. The van der Waals surface area contributed by atoms with Crippen LogP contribution in [0.1, 0.15) is 46.5 Å². The van der Waals surface area contributed by atoms with Crippen molar-refractivity contribution < 1.29 is 9.90 Å². The predicted molar refractivity (Wildman–Crippen MR) is 56.3 cm³/mol. The number of carbonyl (C=O) groups is 1. The first-order valence-corrected chi connectivity index (χ1v) is 5.45. The lowest BCUT2D eigenvalue weighted by molar-refractivity contribution is -0.142. The molecule has 82 valence electrons. The summed E-state index contributed by atoms with van der Waals surface area (Å²) in [6.07, 6.45) is 4.86. The Kier molecular flexibility index (Phi) is 3.53. The van der Waals surface area contributed by atoms with Gasteiger partial charge < -0.3 is 10.4 Å². The number of nitrogens with one attached hydrogen (secondary N) is 1. The lowest BCUT2D eigenvalue weighted by Gasteiger charge is -2.31. The van der Waals surface area contributed by atoms with E-state index in [0.29, 0.717) is 0 Å². The van der Waals surface area contributed by atoms with E-state index >= 15 is 0 Å². The fourth-order valence-corrected chi connectivity index (χ4v) is 2.19. The van der Waals surface area contributed by atoms with Gasteiger partial charge in [-0.2, -0.15) is 0 Å². The zero-order valence-corrected chi connectivity index (χ0v) is 9.34. The van der Waals surface area contributed by atoms with Gasteiger partial charge in [0.2, 0.25) is 0 Å². The van der Waals surface area contributed by atoms with E-state index in [4.69, 9.17) is 5.11 Å². The first-order valence-electron chi connectivity index (χ1n) is 5.45. The van der Waals surface area contributed by atoms with E-state index in [-0.39, 0.29) is 17.5 Å². The molecular weight excluding hydrogens is 178 g/mol. The van der Waals surface area contributed by atoms with Crippen molar-refractivity contribution >= 4 is 5.97 Å². The molecule has 0 spiro atoms. The normalized spacial score (nSPS) is 24.5. The van der Waals surface area contributed by atoms with Crippen LogP contribution in [0.15, 0.2) is 0 Å². The summed E-state index contributed by atoms with van der Waals surface area (Å²) in [5.74, 6) is -1.03. The van der Waals surface area contributed by atoms with E-state index in [2.05, 4.69) is 12.2 Å². The lowest BCUT2D eigenvalue weighted by atomic mass is 9.95. The average Bonchev–Trinajstić information content (AvgIpc) is 2.50. The summed E-state index contributed by atoms with van der Waals surface area (Å²) in [6.45, 7) is 5.92. The first-order chi connectivity index (χ1) is 6.44. The fourth-order valence-electron chi connectivity index (χ4n) is 2.19. The Balaban J connectivity index is 2.46. The summed E-state index contributed by atoms with van der Waals surface area (Å²) < 4.78 is 0. The van der Waals surface area contributed by atoms with Crippen molar-refractivity contribution in [3.63, 3.8) is 0 Å². The Morgan fingerprint density at radius 2 is 1.86 bits per heavy atom. The van der Waals surface area contributed by atoms with Crippen LogP contribution in [0.25, 0.3) is 0 Å². The number of rotatable bonds is 4. The first kappa shape index (κ1) is 11.5. The number of hydrogen-bond donors (Lipinski definition) is 2. The van der Waals surface area contributed by atoms with E-state index in [1.165, 1.54) is 25.7 Å². The summed E-state index contributed by atoms with van der Waals surface area (Å²) in [6, 6.07) is 0.0515. The number of aliphatic carboxylic acids is 1. The zero-order valence-electron chi connectivity index (χ0n) is 9.34. The van der Waals surface area contributed by atoms with Crippen LogP contribution in [-0.4, -0.2) is 22.7 Å². The van der Waals surface area contributed by atoms with Gasteiger partial charge in [-0.1, -0.05) is 19.8 Å². The minimum absolute atomic E-state index is 0.0515. The molecule has 0 amide bonds. The maximum atomic E-state index is 10.8. The van der Waals surface area contributed by atoms with Gasteiger partial charge in [-0.05, 0) is 26.7 Å². The molecule has 0 saturated heterocycles. The summed E-state index contributed by atoms with van der Waals surface area (Å²) in [7, 11) is 0. The fraction of sp³-hybridized carbons (Fsp3) is 0.909. The minimum Gasteiger partial charge on any atom is -0.481 e. The number of carboxylic acids is 1. The molecule has 0 aliphatic heterocycles. The topological polar surface area (TPSA) is 49.3 Å². The maximum Gasteiger partial charge on any atom is 0.307 e. The third-order valence-electron chi connectivity index (χ3n) is 3.42. The molecular formula is C11H21NO2. The Labute approximate surface area is 85.9 Å². The largest absolute Gasteiger partial charge is 0.481 e. The Morgan fingerprint density at radius 1 is 1.36 bits per heavy atom. The Bertz CT molecular complexity index is 209. The standard InChI is InChI=1S/C11H21NO2/c1-8(10(13)14)9(2)12-11(3)6-4-5-7-11/h8-9,12H,4-7H2,1-3H3,(H,13,14). The molecule has 2 unspecified atom stereocenters. The van der Waals surface area contributed by atoms with E-state index in [1.807, 2.05) is 6.92 Å². The smallest absolute Gasteiger partial charge is 0.307 e. The second-order valence-corrected chi connectivity index (χ2v) is 4.83. The molecule has 0 aromatic rings. The molecule has 1 aliphatic carbocycles. The van der Waals surface area contributed by atoms with Gasteiger partial charge in [0.05, 0.1) is 5.92 Å². The van der Waals surface area contributed by atoms with Crippen molar-refractivity contribution in [1.82, 2.24) is 5.32 Å². The van der Waals surface area contributed by atoms with Gasteiger partial charge in [-0.15, -0.1) is 0 Å². The maximum absolute atomic E-state index is 10.8. The highest BCUT2D eigenvalue weighted by Gasteiger charge is 2.32. The van der Waals surface area contributed by atoms with Crippen LogP contribution in [0.4, 0.5) is 0 Å².